The van der Waals surface area contributed by atoms with E-state index in [9.17, 15) is 0 Å². The largest absolute Gasteiger partial charge is 0.312 e. The Kier molecular flexibility index (Phi) is 7.20. The molecule has 1 aromatic heterocycles. The number of hydrogen-bond acceptors (Lipinski definition) is 3. The van der Waals surface area contributed by atoms with Gasteiger partial charge in [0.15, 0.2) is 0 Å². The third kappa shape index (κ3) is 6.09. The van der Waals surface area contributed by atoms with E-state index in [-0.39, 0.29) is 0 Å². The Balaban J connectivity index is 1.59. The van der Waals surface area contributed by atoms with Crippen molar-refractivity contribution in [3.05, 3.63) is 55.6 Å². The van der Waals surface area contributed by atoms with Gasteiger partial charge in [0.05, 0.1) is 0 Å². The van der Waals surface area contributed by atoms with Crippen LogP contribution in [0.3, 0.4) is 0 Å². The molecule has 1 aromatic carbocycles. The summed E-state index contributed by atoms with van der Waals surface area (Å²) in [4.78, 5) is 3.62. The minimum Gasteiger partial charge on any atom is -0.312 e. The highest BCUT2D eigenvalue weighted by atomic mass is 79.9. The van der Waals surface area contributed by atoms with E-state index in [1.165, 1.54) is 10.4 Å². The zero-order valence-electron chi connectivity index (χ0n) is 12.1. The van der Waals surface area contributed by atoms with Crippen molar-refractivity contribution in [2.45, 2.75) is 19.5 Å². The van der Waals surface area contributed by atoms with Gasteiger partial charge in [0.1, 0.15) is 4.34 Å². The Morgan fingerprint density at radius 2 is 2.05 bits per heavy atom. The molecule has 2 aromatic rings. The summed E-state index contributed by atoms with van der Waals surface area (Å²) in [6.07, 6.45) is 1.14. The van der Waals surface area contributed by atoms with Gasteiger partial charge in [-0.15, -0.1) is 11.3 Å². The van der Waals surface area contributed by atoms with Crippen LogP contribution in [0.5, 0.6) is 0 Å². The van der Waals surface area contributed by atoms with Crippen LogP contribution in [0, 0.1) is 0 Å². The van der Waals surface area contributed by atoms with Crippen LogP contribution in [0.4, 0.5) is 0 Å². The van der Waals surface area contributed by atoms with Gasteiger partial charge in [-0.3, -0.25) is 0 Å². The number of nitrogens with zero attached hydrogens (tertiary/aromatic N) is 1. The standard InChI is InChI=1S/C16H20BrClN2S/c1-20(12-13-6-3-2-4-7-13)9-5-8-19-11-14-10-15(17)16(18)21-14/h2-4,6-7,10,19H,5,8-9,11-12H2,1H3. The first-order chi connectivity index (χ1) is 10.1. The quantitative estimate of drug-likeness (QED) is 0.656. The van der Waals surface area contributed by atoms with E-state index in [0.717, 1.165) is 41.4 Å². The smallest absolute Gasteiger partial charge is 0.107 e. The number of nitrogens with one attached hydrogen (secondary N) is 1. The van der Waals surface area contributed by atoms with Crippen molar-refractivity contribution in [1.29, 1.82) is 0 Å². The highest BCUT2D eigenvalue weighted by molar-refractivity contribution is 9.10. The average Bonchev–Trinajstić information content (AvgIpc) is 2.78. The molecule has 0 unspecified atom stereocenters. The normalized spacial score (nSPS) is 11.2. The molecule has 0 bridgehead atoms. The van der Waals surface area contributed by atoms with Gasteiger partial charge in [0.25, 0.3) is 0 Å². The van der Waals surface area contributed by atoms with Gasteiger partial charge < -0.3 is 10.2 Å². The van der Waals surface area contributed by atoms with Gasteiger partial charge in [0.2, 0.25) is 0 Å². The second-order valence-corrected chi connectivity index (χ2v) is 7.68. The monoisotopic (exact) mass is 386 g/mol. The van der Waals surface area contributed by atoms with Crippen LogP contribution in [0.25, 0.3) is 0 Å². The van der Waals surface area contributed by atoms with Crippen LogP contribution < -0.4 is 5.32 Å². The number of thiophene rings is 1. The summed E-state index contributed by atoms with van der Waals surface area (Å²) in [5.74, 6) is 0. The molecule has 0 aliphatic heterocycles. The lowest BCUT2D eigenvalue weighted by atomic mass is 10.2. The van der Waals surface area contributed by atoms with Gasteiger partial charge in [-0.25, -0.2) is 0 Å². The predicted molar refractivity (Wildman–Crippen MR) is 96.1 cm³/mol. The van der Waals surface area contributed by atoms with Crippen molar-refractivity contribution >= 4 is 38.9 Å². The molecule has 0 aliphatic rings. The molecule has 0 amide bonds. The Morgan fingerprint density at radius 1 is 1.29 bits per heavy atom. The van der Waals surface area contributed by atoms with Gasteiger partial charge in [-0.2, -0.15) is 0 Å². The minimum absolute atomic E-state index is 0.828. The first-order valence-corrected chi connectivity index (χ1v) is 9.01. The van der Waals surface area contributed by atoms with Crippen LogP contribution in [0.2, 0.25) is 4.34 Å². The summed E-state index contributed by atoms with van der Waals surface area (Å²) in [5.41, 5.74) is 1.37. The zero-order valence-corrected chi connectivity index (χ0v) is 15.3. The van der Waals surface area contributed by atoms with E-state index in [1.807, 2.05) is 0 Å². The van der Waals surface area contributed by atoms with E-state index < -0.39 is 0 Å². The number of rotatable bonds is 8. The second-order valence-electron chi connectivity index (χ2n) is 5.09. The minimum atomic E-state index is 0.828. The molecule has 0 spiro atoms. The molecule has 0 saturated carbocycles. The Morgan fingerprint density at radius 3 is 2.71 bits per heavy atom. The summed E-state index contributed by atoms with van der Waals surface area (Å²) >= 11 is 11.1. The van der Waals surface area contributed by atoms with Gasteiger partial charge in [-0.1, -0.05) is 41.9 Å². The van der Waals surface area contributed by atoms with E-state index in [4.69, 9.17) is 11.6 Å². The highest BCUT2D eigenvalue weighted by Crippen LogP contribution is 2.31. The van der Waals surface area contributed by atoms with Crippen LogP contribution >= 0.6 is 38.9 Å². The summed E-state index contributed by atoms with van der Waals surface area (Å²) in [5, 5.41) is 3.47. The zero-order chi connectivity index (χ0) is 15.1. The lowest BCUT2D eigenvalue weighted by Crippen LogP contribution is -2.23. The molecule has 0 fully saturated rings. The molecule has 0 radical (unpaired) electrons. The first kappa shape index (κ1) is 17.0. The van der Waals surface area contributed by atoms with Gasteiger partial charge in [0, 0.05) is 22.4 Å². The molecule has 21 heavy (non-hydrogen) atoms. The maximum Gasteiger partial charge on any atom is 0.107 e. The molecule has 1 heterocycles. The van der Waals surface area contributed by atoms with Crippen LogP contribution in [0.1, 0.15) is 16.9 Å². The molecule has 0 saturated heterocycles. The van der Waals surface area contributed by atoms with E-state index in [2.05, 4.69) is 69.6 Å². The van der Waals surface area contributed by atoms with Crippen LogP contribution in [-0.2, 0) is 13.1 Å². The predicted octanol–water partition coefficient (Wildman–Crippen LogP) is 4.78. The van der Waals surface area contributed by atoms with E-state index in [0.29, 0.717) is 0 Å². The molecule has 2 nitrogen and oxygen atoms in total. The fraction of sp³-hybridized carbons (Fsp3) is 0.375. The Labute approximate surface area is 144 Å². The summed E-state index contributed by atoms with van der Waals surface area (Å²) in [6, 6.07) is 12.7. The van der Waals surface area contributed by atoms with Crippen molar-refractivity contribution in [1.82, 2.24) is 10.2 Å². The highest BCUT2D eigenvalue weighted by Gasteiger charge is 2.04. The molecule has 2 rings (SSSR count). The van der Waals surface area contributed by atoms with Crippen LogP contribution in [-0.4, -0.2) is 25.0 Å². The first-order valence-electron chi connectivity index (χ1n) is 7.02. The molecule has 0 aliphatic carbocycles. The molecular formula is C16H20BrClN2S. The molecule has 0 atom stereocenters. The Bertz CT molecular complexity index is 525. The summed E-state index contributed by atoms with van der Waals surface area (Å²) in [7, 11) is 2.17. The fourth-order valence-corrected chi connectivity index (χ4v) is 3.90. The van der Waals surface area contributed by atoms with E-state index >= 15 is 0 Å². The molecular weight excluding hydrogens is 368 g/mol. The molecule has 114 valence electrons. The van der Waals surface area contributed by atoms with Crippen molar-refractivity contribution in [3.63, 3.8) is 0 Å². The van der Waals surface area contributed by atoms with Crippen molar-refractivity contribution < 1.29 is 0 Å². The fourth-order valence-electron chi connectivity index (χ4n) is 2.14. The topological polar surface area (TPSA) is 15.3 Å². The maximum absolute atomic E-state index is 6.03. The average molecular weight is 388 g/mol. The number of hydrogen-bond donors (Lipinski definition) is 1. The summed E-state index contributed by atoms with van der Waals surface area (Å²) in [6.45, 7) is 4.01. The van der Waals surface area contributed by atoms with Crippen molar-refractivity contribution in [2.24, 2.45) is 0 Å². The second kappa shape index (κ2) is 8.91. The maximum atomic E-state index is 6.03. The molecule has 5 heteroatoms. The Hall–Kier alpha value is -0.390. The third-order valence-corrected chi connectivity index (χ3v) is 5.66. The van der Waals surface area contributed by atoms with Gasteiger partial charge in [-0.05, 0) is 54.1 Å². The van der Waals surface area contributed by atoms with Crippen LogP contribution in [0.15, 0.2) is 40.9 Å². The number of benzene rings is 1. The van der Waals surface area contributed by atoms with E-state index in [1.54, 1.807) is 11.3 Å². The lowest BCUT2D eigenvalue weighted by molar-refractivity contribution is 0.319. The third-order valence-electron chi connectivity index (χ3n) is 3.18. The van der Waals surface area contributed by atoms with Crippen molar-refractivity contribution in [3.8, 4) is 0 Å². The number of halogens is 2. The lowest BCUT2D eigenvalue weighted by Gasteiger charge is -2.16. The SMILES string of the molecule is CN(CCCNCc1cc(Br)c(Cl)s1)Cc1ccccc1. The summed E-state index contributed by atoms with van der Waals surface area (Å²) < 4.78 is 1.82. The molecule has 1 N–H and O–H groups in total. The van der Waals surface area contributed by atoms with Crippen molar-refractivity contribution in [2.75, 3.05) is 20.1 Å². The van der Waals surface area contributed by atoms with Gasteiger partial charge >= 0.3 is 0 Å².